The number of hydrogen-bond donors (Lipinski definition) is 0. The Hall–Kier alpha value is -1.06. The van der Waals surface area contributed by atoms with E-state index in [9.17, 15) is 0 Å². The van der Waals surface area contributed by atoms with Crippen LogP contribution >= 0.6 is 27.5 Å². The second-order valence-corrected chi connectivity index (χ2v) is 4.47. The maximum absolute atomic E-state index is 6.01. The Morgan fingerprint density at radius 3 is 2.76 bits per heavy atom. The number of rotatable bonds is 4. The second kappa shape index (κ2) is 6.03. The zero-order chi connectivity index (χ0) is 12.1. The molecule has 1 heterocycles. The van der Waals surface area contributed by atoms with E-state index >= 15 is 0 Å². The Morgan fingerprint density at radius 1 is 1.18 bits per heavy atom. The van der Waals surface area contributed by atoms with Gasteiger partial charge in [0.15, 0.2) is 0 Å². The minimum atomic E-state index is 0.450. The number of alkyl halides is 1. The van der Waals surface area contributed by atoms with Crippen LogP contribution in [-0.2, 0) is 11.9 Å². The van der Waals surface area contributed by atoms with Gasteiger partial charge in [-0.05, 0) is 12.1 Å². The van der Waals surface area contributed by atoms with Crippen LogP contribution in [0.4, 0.5) is 0 Å². The summed E-state index contributed by atoms with van der Waals surface area (Å²) in [7, 11) is 0. The number of nitrogens with zero attached hydrogens (tertiary/aromatic N) is 1. The van der Waals surface area contributed by atoms with E-state index in [0.29, 0.717) is 11.6 Å². The highest BCUT2D eigenvalue weighted by Gasteiger charge is 2.04. The lowest BCUT2D eigenvalue weighted by atomic mass is 10.2. The van der Waals surface area contributed by atoms with E-state index in [4.69, 9.17) is 16.3 Å². The number of ether oxygens (including phenoxy) is 1. The van der Waals surface area contributed by atoms with E-state index in [1.807, 2.05) is 30.3 Å². The van der Waals surface area contributed by atoms with Gasteiger partial charge in [-0.25, -0.2) is 0 Å². The fourth-order valence-electron chi connectivity index (χ4n) is 1.43. The summed E-state index contributed by atoms with van der Waals surface area (Å²) in [6.07, 6.45) is 3.33. The number of pyridine rings is 1. The molecule has 0 spiro atoms. The first-order chi connectivity index (χ1) is 8.31. The molecule has 0 aliphatic heterocycles. The summed E-state index contributed by atoms with van der Waals surface area (Å²) in [5.41, 5.74) is 2.06. The van der Waals surface area contributed by atoms with Crippen molar-refractivity contribution in [2.75, 3.05) is 0 Å². The molecule has 0 aliphatic carbocycles. The van der Waals surface area contributed by atoms with Gasteiger partial charge in [0.2, 0.25) is 0 Å². The van der Waals surface area contributed by atoms with Gasteiger partial charge in [0.1, 0.15) is 12.4 Å². The molecule has 0 bridgehead atoms. The zero-order valence-electron chi connectivity index (χ0n) is 9.07. The van der Waals surface area contributed by atoms with E-state index in [1.165, 1.54) is 0 Å². The average molecular weight is 313 g/mol. The van der Waals surface area contributed by atoms with Gasteiger partial charge in [-0.15, -0.1) is 0 Å². The van der Waals surface area contributed by atoms with Crippen LogP contribution in [0.15, 0.2) is 42.7 Å². The van der Waals surface area contributed by atoms with Crippen molar-refractivity contribution in [1.82, 2.24) is 4.98 Å². The predicted molar refractivity (Wildman–Crippen MR) is 72.7 cm³/mol. The van der Waals surface area contributed by atoms with Gasteiger partial charge in [-0.1, -0.05) is 45.7 Å². The van der Waals surface area contributed by atoms with Gasteiger partial charge >= 0.3 is 0 Å². The number of aromatic nitrogens is 1. The fraction of sp³-hybridized carbons (Fsp3) is 0.154. The molecule has 0 aliphatic rings. The van der Waals surface area contributed by atoms with E-state index in [0.717, 1.165) is 22.2 Å². The second-order valence-electron chi connectivity index (χ2n) is 3.50. The van der Waals surface area contributed by atoms with Crippen molar-refractivity contribution in [3.05, 3.63) is 58.9 Å². The molecule has 0 atom stereocenters. The van der Waals surface area contributed by atoms with Crippen molar-refractivity contribution in [2.45, 2.75) is 11.9 Å². The largest absolute Gasteiger partial charge is 0.489 e. The fourth-order valence-corrected chi connectivity index (χ4v) is 2.07. The van der Waals surface area contributed by atoms with Crippen molar-refractivity contribution >= 4 is 27.5 Å². The molecule has 2 rings (SSSR count). The Balaban J connectivity index is 2.10. The molecule has 17 heavy (non-hydrogen) atoms. The van der Waals surface area contributed by atoms with Crippen LogP contribution in [0.5, 0.6) is 5.75 Å². The smallest absolute Gasteiger partial charge is 0.123 e. The van der Waals surface area contributed by atoms with Crippen molar-refractivity contribution in [3.63, 3.8) is 0 Å². The van der Waals surface area contributed by atoms with Crippen molar-refractivity contribution in [1.29, 1.82) is 0 Å². The highest BCUT2D eigenvalue weighted by Crippen LogP contribution is 2.23. The van der Waals surface area contributed by atoms with E-state index < -0.39 is 0 Å². The molecule has 0 amide bonds. The van der Waals surface area contributed by atoms with Gasteiger partial charge in [0, 0.05) is 28.9 Å². The summed E-state index contributed by atoms with van der Waals surface area (Å²) in [5.74, 6) is 0.872. The molecule has 0 fully saturated rings. The summed E-state index contributed by atoms with van der Waals surface area (Å²) in [6, 6.07) is 9.78. The molecule has 1 aromatic carbocycles. The summed E-state index contributed by atoms with van der Waals surface area (Å²) in [4.78, 5) is 3.94. The number of hydrogen-bond acceptors (Lipinski definition) is 2. The molecule has 0 N–H and O–H groups in total. The van der Waals surface area contributed by atoms with Crippen LogP contribution in [0.2, 0.25) is 5.02 Å². The molecule has 0 radical (unpaired) electrons. The van der Waals surface area contributed by atoms with Gasteiger partial charge in [0.05, 0.1) is 5.02 Å². The Bertz CT molecular complexity index is 504. The monoisotopic (exact) mass is 311 g/mol. The maximum atomic E-state index is 6.01. The lowest BCUT2D eigenvalue weighted by molar-refractivity contribution is 0.304. The molecule has 2 aromatic rings. The minimum absolute atomic E-state index is 0.450. The van der Waals surface area contributed by atoms with Crippen molar-refractivity contribution in [2.24, 2.45) is 0 Å². The van der Waals surface area contributed by atoms with Crippen LogP contribution in [-0.4, -0.2) is 4.98 Å². The van der Waals surface area contributed by atoms with Crippen LogP contribution in [0.3, 0.4) is 0 Å². The van der Waals surface area contributed by atoms with Crippen LogP contribution in [0, 0.1) is 0 Å². The Kier molecular flexibility index (Phi) is 4.40. The lowest BCUT2D eigenvalue weighted by Crippen LogP contribution is -1.98. The Morgan fingerprint density at radius 2 is 2.00 bits per heavy atom. The van der Waals surface area contributed by atoms with Crippen molar-refractivity contribution in [3.8, 4) is 5.75 Å². The molecule has 0 unspecified atom stereocenters. The molecule has 0 saturated carbocycles. The average Bonchev–Trinajstić information content (AvgIpc) is 2.38. The predicted octanol–water partition coefficient (Wildman–Crippen LogP) is 4.21. The van der Waals surface area contributed by atoms with E-state index in [1.54, 1.807) is 12.4 Å². The van der Waals surface area contributed by atoms with E-state index in [-0.39, 0.29) is 0 Å². The van der Waals surface area contributed by atoms with Crippen LogP contribution in [0.25, 0.3) is 0 Å². The maximum Gasteiger partial charge on any atom is 0.123 e. The number of para-hydroxylation sites is 1. The highest BCUT2D eigenvalue weighted by molar-refractivity contribution is 9.08. The number of halogens is 2. The lowest BCUT2D eigenvalue weighted by Gasteiger charge is -2.10. The topological polar surface area (TPSA) is 22.1 Å². The summed E-state index contributed by atoms with van der Waals surface area (Å²) in [5, 5.41) is 1.40. The molecule has 88 valence electrons. The number of benzene rings is 1. The van der Waals surface area contributed by atoms with Gasteiger partial charge in [-0.2, -0.15) is 0 Å². The third-order valence-corrected chi connectivity index (χ3v) is 3.30. The van der Waals surface area contributed by atoms with Crippen molar-refractivity contribution < 1.29 is 4.74 Å². The Labute approximate surface area is 114 Å². The normalized spacial score (nSPS) is 10.2. The third-order valence-electron chi connectivity index (χ3n) is 2.36. The first-order valence-electron chi connectivity index (χ1n) is 5.16. The molecule has 1 aromatic heterocycles. The third kappa shape index (κ3) is 3.20. The molecule has 4 heteroatoms. The highest BCUT2D eigenvalue weighted by atomic mass is 79.9. The van der Waals surface area contributed by atoms with Gasteiger partial charge in [0.25, 0.3) is 0 Å². The summed E-state index contributed by atoms with van der Waals surface area (Å²) >= 11 is 9.45. The molecule has 0 saturated heterocycles. The van der Waals surface area contributed by atoms with Crippen LogP contribution < -0.4 is 4.74 Å². The first kappa shape index (κ1) is 12.4. The summed E-state index contributed by atoms with van der Waals surface area (Å²) in [6.45, 7) is 0.450. The minimum Gasteiger partial charge on any atom is -0.489 e. The molecular formula is C13H11BrClNO. The zero-order valence-corrected chi connectivity index (χ0v) is 11.4. The first-order valence-corrected chi connectivity index (χ1v) is 6.66. The quantitative estimate of drug-likeness (QED) is 0.789. The summed E-state index contributed by atoms with van der Waals surface area (Å²) < 4.78 is 5.75. The van der Waals surface area contributed by atoms with Gasteiger partial charge < -0.3 is 4.74 Å². The standard InChI is InChI=1S/C13H11BrClNO/c14-7-10-3-1-2-4-13(10)17-9-11-5-6-16-8-12(11)15/h1-6,8H,7,9H2. The SMILES string of the molecule is Clc1cnccc1COc1ccccc1CBr. The molecule has 2 nitrogen and oxygen atoms in total. The van der Waals surface area contributed by atoms with Gasteiger partial charge in [-0.3, -0.25) is 4.98 Å². The molecular weight excluding hydrogens is 302 g/mol. The van der Waals surface area contributed by atoms with Crippen LogP contribution in [0.1, 0.15) is 11.1 Å². The van der Waals surface area contributed by atoms with E-state index in [2.05, 4.69) is 20.9 Å².